The van der Waals surface area contributed by atoms with Crippen molar-refractivity contribution in [2.24, 2.45) is 0 Å². The lowest BCUT2D eigenvalue weighted by atomic mass is 9.78. The maximum absolute atomic E-state index is 10.9. The van der Waals surface area contributed by atoms with Crippen molar-refractivity contribution in [1.29, 1.82) is 0 Å². The van der Waals surface area contributed by atoms with Gasteiger partial charge in [-0.15, -0.1) is 0 Å². The predicted molar refractivity (Wildman–Crippen MR) is 153 cm³/mol. The number of aromatic hydroxyl groups is 1. The standard InChI is InChI=1S/C33H60O/c1-8-9-10-11-12-13-14-15-16-17-18-19-20-21-22-23-24-25-28-26-29(32(2,3)4)31(34)30(27-28)33(5,6)7/h26-27,34H,8-25H2,1-7H3. The molecule has 0 aliphatic carbocycles. The average Bonchev–Trinajstić information content (AvgIpc) is 2.75. The molecule has 1 N–H and O–H groups in total. The molecule has 0 amide bonds. The highest BCUT2D eigenvalue weighted by atomic mass is 16.3. The summed E-state index contributed by atoms with van der Waals surface area (Å²) in [4.78, 5) is 0. The molecule has 0 unspecified atom stereocenters. The molecule has 0 spiro atoms. The number of aryl methyl sites for hydroxylation is 1. The number of hydrogen-bond acceptors (Lipinski definition) is 1. The van der Waals surface area contributed by atoms with Gasteiger partial charge in [-0.1, -0.05) is 163 Å². The molecule has 34 heavy (non-hydrogen) atoms. The van der Waals surface area contributed by atoms with Crippen LogP contribution in [0.1, 0.15) is 174 Å². The van der Waals surface area contributed by atoms with Crippen LogP contribution in [0.15, 0.2) is 12.1 Å². The number of hydrogen-bond donors (Lipinski definition) is 1. The van der Waals surface area contributed by atoms with Gasteiger partial charge >= 0.3 is 0 Å². The summed E-state index contributed by atoms with van der Waals surface area (Å²) in [5.41, 5.74) is 3.53. The van der Waals surface area contributed by atoms with Crippen molar-refractivity contribution in [3.05, 3.63) is 28.8 Å². The summed E-state index contributed by atoms with van der Waals surface area (Å²) in [6.45, 7) is 15.5. The van der Waals surface area contributed by atoms with E-state index in [1.807, 2.05) is 0 Å². The van der Waals surface area contributed by atoms with Gasteiger partial charge in [-0.2, -0.15) is 0 Å². The van der Waals surface area contributed by atoms with Crippen LogP contribution in [0.25, 0.3) is 0 Å². The van der Waals surface area contributed by atoms with Crippen molar-refractivity contribution in [1.82, 2.24) is 0 Å². The lowest BCUT2D eigenvalue weighted by Gasteiger charge is -2.28. The van der Waals surface area contributed by atoms with E-state index < -0.39 is 0 Å². The van der Waals surface area contributed by atoms with Gasteiger partial charge in [0.25, 0.3) is 0 Å². The van der Waals surface area contributed by atoms with Crippen molar-refractivity contribution < 1.29 is 5.11 Å². The van der Waals surface area contributed by atoms with Crippen LogP contribution >= 0.6 is 0 Å². The van der Waals surface area contributed by atoms with Gasteiger partial charge in [-0.25, -0.2) is 0 Å². The minimum atomic E-state index is -0.0334. The molecule has 0 saturated heterocycles. The monoisotopic (exact) mass is 472 g/mol. The number of phenolic OH excluding ortho intramolecular Hbond substituents is 1. The highest BCUT2D eigenvalue weighted by molar-refractivity contribution is 5.49. The first-order valence-electron chi connectivity index (χ1n) is 14.9. The zero-order chi connectivity index (χ0) is 25.5. The Bertz CT molecular complexity index is 608. The van der Waals surface area contributed by atoms with Crippen LogP contribution in [0.4, 0.5) is 0 Å². The van der Waals surface area contributed by atoms with Gasteiger partial charge in [-0.05, 0) is 40.4 Å². The van der Waals surface area contributed by atoms with Gasteiger partial charge < -0.3 is 5.11 Å². The van der Waals surface area contributed by atoms with Crippen LogP contribution in [0, 0.1) is 0 Å². The number of benzene rings is 1. The molecule has 1 aromatic rings. The fraction of sp³-hybridized carbons (Fsp3) is 0.818. The molecule has 0 aliphatic heterocycles. The minimum absolute atomic E-state index is 0.0334. The van der Waals surface area contributed by atoms with Crippen molar-refractivity contribution >= 4 is 0 Å². The van der Waals surface area contributed by atoms with Gasteiger partial charge in [-0.3, -0.25) is 0 Å². The Morgan fingerprint density at radius 3 is 1.09 bits per heavy atom. The van der Waals surface area contributed by atoms with Crippen molar-refractivity contribution in [2.45, 2.75) is 175 Å². The maximum atomic E-state index is 10.9. The van der Waals surface area contributed by atoms with E-state index in [1.165, 1.54) is 115 Å². The van der Waals surface area contributed by atoms with Crippen LogP contribution in [-0.4, -0.2) is 5.11 Å². The van der Waals surface area contributed by atoms with Crippen molar-refractivity contribution in [3.8, 4) is 5.75 Å². The Morgan fingerprint density at radius 1 is 0.500 bits per heavy atom. The van der Waals surface area contributed by atoms with Crippen LogP contribution in [0.2, 0.25) is 0 Å². The van der Waals surface area contributed by atoms with E-state index in [0.717, 1.165) is 17.5 Å². The molecule has 0 aliphatic rings. The summed E-state index contributed by atoms with van der Waals surface area (Å²) >= 11 is 0. The molecule has 0 radical (unpaired) electrons. The average molecular weight is 473 g/mol. The molecule has 1 rings (SSSR count). The predicted octanol–water partition coefficient (Wildman–Crippen LogP) is 11.2. The zero-order valence-electron chi connectivity index (χ0n) is 24.3. The molecular weight excluding hydrogens is 412 g/mol. The number of unbranched alkanes of at least 4 members (excludes halogenated alkanes) is 16. The second-order valence-corrected chi connectivity index (χ2v) is 12.9. The number of rotatable bonds is 18. The summed E-state index contributed by atoms with van der Waals surface area (Å²) in [7, 11) is 0. The minimum Gasteiger partial charge on any atom is -0.507 e. The molecule has 0 fully saturated rings. The summed E-state index contributed by atoms with van der Waals surface area (Å²) in [6, 6.07) is 4.52. The number of phenols is 1. The van der Waals surface area contributed by atoms with Gasteiger partial charge in [0.05, 0.1) is 0 Å². The molecule has 1 heteroatoms. The second kappa shape index (κ2) is 16.6. The summed E-state index contributed by atoms with van der Waals surface area (Å²) in [6.07, 6.45) is 25.2. The van der Waals surface area contributed by atoms with Gasteiger partial charge in [0.1, 0.15) is 5.75 Å². The Kier molecular flexibility index (Phi) is 15.2. The highest BCUT2D eigenvalue weighted by Crippen LogP contribution is 2.40. The molecule has 198 valence electrons. The molecule has 1 nitrogen and oxygen atoms in total. The molecular formula is C33H60O. The first kappa shape index (κ1) is 31.1. The Labute approximate surface area is 214 Å². The summed E-state index contributed by atoms with van der Waals surface area (Å²) in [5.74, 6) is 0.506. The van der Waals surface area contributed by atoms with Gasteiger partial charge in [0.2, 0.25) is 0 Å². The molecule has 0 heterocycles. The first-order chi connectivity index (χ1) is 16.1. The van der Waals surface area contributed by atoms with Crippen LogP contribution in [0.3, 0.4) is 0 Å². The quantitative estimate of drug-likeness (QED) is 0.211. The first-order valence-corrected chi connectivity index (χ1v) is 14.9. The smallest absolute Gasteiger partial charge is 0.123 e. The van der Waals surface area contributed by atoms with E-state index in [4.69, 9.17) is 0 Å². The third kappa shape index (κ3) is 13.2. The topological polar surface area (TPSA) is 20.2 Å². The zero-order valence-corrected chi connectivity index (χ0v) is 24.3. The fourth-order valence-corrected chi connectivity index (χ4v) is 5.04. The third-order valence-corrected chi connectivity index (χ3v) is 7.35. The van der Waals surface area contributed by atoms with E-state index in [0.29, 0.717) is 5.75 Å². The lowest BCUT2D eigenvalue weighted by molar-refractivity contribution is 0.422. The fourth-order valence-electron chi connectivity index (χ4n) is 5.04. The normalized spacial score (nSPS) is 12.4. The lowest BCUT2D eigenvalue weighted by Crippen LogP contribution is -2.18. The van der Waals surface area contributed by atoms with E-state index in [2.05, 4.69) is 60.6 Å². The molecule has 0 aromatic heterocycles. The molecule has 0 bridgehead atoms. The largest absolute Gasteiger partial charge is 0.507 e. The third-order valence-electron chi connectivity index (χ3n) is 7.35. The molecule has 1 aromatic carbocycles. The highest BCUT2D eigenvalue weighted by Gasteiger charge is 2.26. The summed E-state index contributed by atoms with van der Waals surface area (Å²) < 4.78 is 0. The van der Waals surface area contributed by atoms with Gasteiger partial charge in [0.15, 0.2) is 0 Å². The van der Waals surface area contributed by atoms with E-state index >= 15 is 0 Å². The van der Waals surface area contributed by atoms with Gasteiger partial charge in [0, 0.05) is 0 Å². The molecule has 0 atom stereocenters. The van der Waals surface area contributed by atoms with Crippen molar-refractivity contribution in [3.63, 3.8) is 0 Å². The SMILES string of the molecule is CCCCCCCCCCCCCCCCCCCc1cc(C(C)(C)C)c(O)c(C(C)(C)C)c1. The molecule has 0 saturated carbocycles. The maximum Gasteiger partial charge on any atom is 0.123 e. The summed E-state index contributed by atoms with van der Waals surface area (Å²) in [5, 5.41) is 10.9. The van der Waals surface area contributed by atoms with Crippen LogP contribution in [-0.2, 0) is 17.3 Å². The van der Waals surface area contributed by atoms with E-state index in [-0.39, 0.29) is 10.8 Å². The second-order valence-electron chi connectivity index (χ2n) is 12.9. The Hall–Kier alpha value is -0.980. The van der Waals surface area contributed by atoms with Crippen LogP contribution < -0.4 is 0 Å². The van der Waals surface area contributed by atoms with E-state index in [1.54, 1.807) is 0 Å². The van der Waals surface area contributed by atoms with E-state index in [9.17, 15) is 5.11 Å². The van der Waals surface area contributed by atoms with Crippen molar-refractivity contribution in [2.75, 3.05) is 0 Å². The Morgan fingerprint density at radius 2 is 0.794 bits per heavy atom. The Balaban J connectivity index is 2.15. The van der Waals surface area contributed by atoms with Crippen LogP contribution in [0.5, 0.6) is 5.75 Å².